The molecule has 1 nitrogen and oxygen atoms in total. The van der Waals surface area contributed by atoms with Crippen LogP contribution in [0.25, 0.3) is 0 Å². The molecule has 0 fully saturated rings. The van der Waals surface area contributed by atoms with Crippen LogP contribution in [0.3, 0.4) is 0 Å². The molecule has 0 rings (SSSR count). The van der Waals surface area contributed by atoms with E-state index in [2.05, 4.69) is 34.5 Å². The predicted molar refractivity (Wildman–Crippen MR) is 21.3 cm³/mol. The van der Waals surface area contributed by atoms with Crippen molar-refractivity contribution in [1.82, 2.24) is 3.52 Å². The molecule has 2 atom stereocenters. The van der Waals surface area contributed by atoms with Gasteiger partial charge < -0.3 is 0 Å². The molecule has 0 saturated heterocycles. The monoisotopic (exact) mass is 138 g/mol. The van der Waals surface area contributed by atoms with Gasteiger partial charge in [-0.2, -0.15) is 0 Å². The van der Waals surface area contributed by atoms with E-state index in [0.717, 1.165) is 0 Å². The first-order valence-electron chi connectivity index (χ1n) is 0.658. The van der Waals surface area contributed by atoms with Crippen molar-refractivity contribution < 1.29 is 15.7 Å². The summed E-state index contributed by atoms with van der Waals surface area (Å²) in [4.78, 5) is 0. The van der Waals surface area contributed by atoms with E-state index in [-0.39, 0.29) is 0 Å². The Morgan fingerprint density at radius 2 is 1.50 bits per heavy atom. The number of hydrogen-bond acceptors (Lipinski definition) is 1. The van der Waals surface area contributed by atoms with Gasteiger partial charge in [-0.15, -0.1) is 0 Å². The Hall–Kier alpha value is 1.31. The van der Waals surface area contributed by atoms with Gasteiger partial charge in [0.15, 0.2) is 0 Å². The van der Waals surface area contributed by atoms with Crippen LogP contribution in [0.15, 0.2) is 0 Å². The summed E-state index contributed by atoms with van der Waals surface area (Å²) in [6, 6.07) is 0. The van der Waals surface area contributed by atoms with Crippen molar-refractivity contribution in [2.75, 3.05) is 0 Å². The Bertz CT molecular complexity index is 10.8. The molecule has 4 heavy (non-hydrogen) atoms. The maximum atomic E-state index is 4.13. The van der Waals surface area contributed by atoms with Gasteiger partial charge in [-0.3, -0.25) is 0 Å². The molecule has 0 aliphatic rings. The van der Waals surface area contributed by atoms with Crippen LogP contribution in [0.4, 0.5) is 0 Å². The zero-order valence-electron chi connectivity index (χ0n) is 1.92. The molecule has 0 radical (unpaired) electrons. The third-order valence-electron chi connectivity index (χ3n) is 0. The first-order chi connectivity index (χ1) is 1.73. The van der Waals surface area contributed by atoms with Crippen LogP contribution < -0.4 is 0 Å². The molecule has 0 aromatic heterocycles. The van der Waals surface area contributed by atoms with E-state index in [9.17, 15) is 0 Å². The van der Waals surface area contributed by atoms with E-state index in [1.807, 2.05) is 0 Å². The molecule has 0 saturated carbocycles. The Balaban J connectivity index is 2.32. The molecule has 0 aromatic rings. The molecule has 2 unspecified atom stereocenters. The van der Waals surface area contributed by atoms with Gasteiger partial charge in [0.25, 0.3) is 0 Å². The minimum absolute atomic E-state index is 1.46. The molecule has 4 heteroatoms. The molecule has 0 heterocycles. The van der Waals surface area contributed by atoms with Crippen molar-refractivity contribution in [1.29, 1.82) is 0 Å². The fourth-order valence-corrected chi connectivity index (χ4v) is 0. The summed E-state index contributed by atoms with van der Waals surface area (Å²) in [5, 5.41) is 0. The Morgan fingerprint density at radius 3 is 1.50 bits per heavy atom. The quantitative estimate of drug-likeness (QED) is 0.345. The fourth-order valence-electron chi connectivity index (χ4n) is 0. The Kier molecular flexibility index (Phi) is 3.38. The van der Waals surface area contributed by atoms with Gasteiger partial charge in [0, 0.05) is 0 Å². The molecule has 0 aliphatic heterocycles. The maximum absolute atomic E-state index is 4.13. The molecule has 0 spiro atoms. The average molecular weight is 139 g/mol. The molecule has 0 N–H and O–H groups in total. The van der Waals surface area contributed by atoms with E-state index < -0.39 is 0 Å². The van der Waals surface area contributed by atoms with Crippen LogP contribution in [-0.2, 0) is 15.7 Å². The summed E-state index contributed by atoms with van der Waals surface area (Å²) in [7, 11) is 4.57. The summed E-state index contributed by atoms with van der Waals surface area (Å²) in [6.45, 7) is 0. The number of hydrogen-bond donors (Lipinski definition) is 0. The molecule has 0 amide bonds. The second kappa shape index (κ2) is 2.55. The van der Waals surface area contributed by atoms with Gasteiger partial charge in [-0.25, -0.2) is 0 Å². The summed E-state index contributed by atoms with van der Waals surface area (Å²) in [6.07, 6.45) is 0. The zero-order chi connectivity index (χ0) is 3.58. The summed E-state index contributed by atoms with van der Waals surface area (Å²) >= 11 is 4.13. The fraction of sp³-hybridized carbons (Fsp3) is 0. The SMILES string of the molecule is P[N](P)[Ni]. The van der Waals surface area contributed by atoms with E-state index >= 15 is 0 Å². The van der Waals surface area contributed by atoms with Crippen molar-refractivity contribution >= 4 is 18.8 Å². The van der Waals surface area contributed by atoms with Crippen molar-refractivity contribution in [3.8, 4) is 0 Å². The van der Waals surface area contributed by atoms with E-state index in [0.29, 0.717) is 0 Å². The summed E-state index contributed by atoms with van der Waals surface area (Å²) in [5.74, 6) is 0. The van der Waals surface area contributed by atoms with Crippen LogP contribution in [-0.4, -0.2) is 3.52 Å². The molecule has 0 aliphatic carbocycles. The topological polar surface area (TPSA) is 3.24 Å². The predicted octanol–water partition coefficient (Wildman–Crippen LogP) is 0.330. The second-order valence-corrected chi connectivity index (χ2v) is 3.36. The molecular formula is H4NNiP2. The van der Waals surface area contributed by atoms with Gasteiger partial charge in [0.1, 0.15) is 0 Å². The van der Waals surface area contributed by atoms with Crippen molar-refractivity contribution in [3.63, 3.8) is 0 Å². The van der Waals surface area contributed by atoms with Crippen LogP contribution in [0.1, 0.15) is 0 Å². The van der Waals surface area contributed by atoms with Gasteiger partial charge in [0.05, 0.1) is 0 Å². The van der Waals surface area contributed by atoms with E-state index in [1.165, 1.54) is 3.52 Å². The minimum atomic E-state index is 1.46. The van der Waals surface area contributed by atoms with E-state index in [1.54, 1.807) is 0 Å². The summed E-state index contributed by atoms with van der Waals surface area (Å²) < 4.78 is 1.46. The Morgan fingerprint density at radius 1 is 1.50 bits per heavy atom. The van der Waals surface area contributed by atoms with Crippen LogP contribution in [0.5, 0.6) is 0 Å². The van der Waals surface area contributed by atoms with Crippen LogP contribution in [0, 0.1) is 0 Å². The zero-order valence-corrected chi connectivity index (χ0v) is 5.22. The number of nitrogens with zero attached hydrogens (tertiary/aromatic N) is 1. The first-order valence-corrected chi connectivity index (χ1v) is 2.13. The van der Waals surface area contributed by atoms with E-state index in [4.69, 9.17) is 0 Å². The van der Waals surface area contributed by atoms with Gasteiger partial charge in [-0.1, -0.05) is 0 Å². The molecule has 29 valence electrons. The van der Waals surface area contributed by atoms with Crippen molar-refractivity contribution in [2.24, 2.45) is 0 Å². The third kappa shape index (κ3) is 10.3. The Labute approximate surface area is 38.6 Å². The normalized spacial score (nSPS) is 9.25. The standard InChI is InChI=1S/H4NP2.Ni/c2-1-3;/h2-3H2;/q-1;+1. The van der Waals surface area contributed by atoms with Crippen molar-refractivity contribution in [2.45, 2.75) is 0 Å². The first kappa shape index (κ1) is 5.31. The molecule has 0 aromatic carbocycles. The van der Waals surface area contributed by atoms with Gasteiger partial charge >= 0.3 is 38.0 Å². The van der Waals surface area contributed by atoms with Crippen molar-refractivity contribution in [3.05, 3.63) is 0 Å². The van der Waals surface area contributed by atoms with Crippen LogP contribution >= 0.6 is 18.8 Å². The van der Waals surface area contributed by atoms with Gasteiger partial charge in [-0.05, 0) is 0 Å². The summed E-state index contributed by atoms with van der Waals surface area (Å²) in [5.41, 5.74) is 0. The number of rotatable bonds is 0. The third-order valence-corrected chi connectivity index (χ3v) is 0. The van der Waals surface area contributed by atoms with Gasteiger partial charge in [0.2, 0.25) is 0 Å². The average Bonchev–Trinajstić information content (AvgIpc) is 0.811. The second-order valence-electron chi connectivity index (χ2n) is 0.312. The molecule has 0 bridgehead atoms. The molecular weight excluding hydrogens is 135 g/mol. The van der Waals surface area contributed by atoms with Crippen LogP contribution in [0.2, 0.25) is 0 Å².